The Morgan fingerprint density at radius 2 is 1.82 bits per heavy atom. The van der Waals surface area contributed by atoms with Crippen LogP contribution in [0, 0.1) is 0 Å². The van der Waals surface area contributed by atoms with E-state index in [1.165, 1.54) is 0 Å². The van der Waals surface area contributed by atoms with Gasteiger partial charge in [0.15, 0.2) is 11.5 Å². The monoisotopic (exact) mass is 359 g/mol. The second-order valence-electron chi connectivity index (χ2n) is 4.82. The molecule has 0 radical (unpaired) electrons. The van der Waals surface area contributed by atoms with E-state index in [0.29, 0.717) is 17.1 Å². The summed E-state index contributed by atoms with van der Waals surface area (Å²) in [6.07, 6.45) is 1.86. The van der Waals surface area contributed by atoms with Crippen LogP contribution in [-0.4, -0.2) is 20.1 Å². The van der Waals surface area contributed by atoms with Crippen molar-refractivity contribution in [3.63, 3.8) is 0 Å². The third-order valence-corrected chi connectivity index (χ3v) is 3.96. The Morgan fingerprint density at radius 3 is 2.50 bits per heavy atom. The molecule has 0 unspecified atom stereocenters. The van der Waals surface area contributed by atoms with Crippen molar-refractivity contribution in [1.82, 2.24) is 0 Å². The van der Waals surface area contributed by atoms with Crippen molar-refractivity contribution in [3.05, 3.63) is 52.0 Å². The summed E-state index contributed by atoms with van der Waals surface area (Å²) in [5, 5.41) is 2.85. The molecule has 0 aromatic heterocycles. The van der Waals surface area contributed by atoms with Crippen LogP contribution < -0.4 is 14.8 Å². The van der Waals surface area contributed by atoms with Gasteiger partial charge in [-0.3, -0.25) is 4.79 Å². The number of ether oxygens (including phenoxy) is 2. The largest absolute Gasteiger partial charge is 0.493 e. The molecule has 22 heavy (non-hydrogen) atoms. The number of benzene rings is 2. The summed E-state index contributed by atoms with van der Waals surface area (Å²) in [5.74, 6) is 1.05. The van der Waals surface area contributed by atoms with E-state index in [0.717, 1.165) is 21.3 Å². The lowest BCUT2D eigenvalue weighted by molar-refractivity contribution is -0.110. The SMILES string of the molecule is COc1cc2c(cc1OC)/C(=C\c1cccc(Br)c1)C(=O)N2. The maximum Gasteiger partial charge on any atom is 0.256 e. The second kappa shape index (κ2) is 5.85. The first-order valence-electron chi connectivity index (χ1n) is 6.67. The number of hydrogen-bond donors (Lipinski definition) is 1. The maximum absolute atomic E-state index is 12.2. The van der Waals surface area contributed by atoms with E-state index in [9.17, 15) is 4.79 Å². The zero-order valence-corrected chi connectivity index (χ0v) is 13.7. The zero-order chi connectivity index (χ0) is 15.7. The molecule has 0 bridgehead atoms. The molecular weight excluding hydrogens is 346 g/mol. The average Bonchev–Trinajstić information content (AvgIpc) is 2.81. The summed E-state index contributed by atoms with van der Waals surface area (Å²) in [6.45, 7) is 0. The van der Waals surface area contributed by atoms with Crippen LogP contribution in [-0.2, 0) is 4.79 Å². The molecule has 1 heterocycles. The van der Waals surface area contributed by atoms with Gasteiger partial charge in [0.25, 0.3) is 5.91 Å². The number of fused-ring (bicyclic) bond motifs is 1. The topological polar surface area (TPSA) is 47.6 Å². The summed E-state index contributed by atoms with van der Waals surface area (Å²) in [7, 11) is 3.14. The number of amides is 1. The smallest absolute Gasteiger partial charge is 0.256 e. The highest BCUT2D eigenvalue weighted by Crippen LogP contribution is 2.41. The Kier molecular flexibility index (Phi) is 3.90. The van der Waals surface area contributed by atoms with E-state index in [4.69, 9.17) is 9.47 Å². The summed E-state index contributed by atoms with van der Waals surface area (Å²) < 4.78 is 11.5. The molecule has 112 valence electrons. The van der Waals surface area contributed by atoms with Gasteiger partial charge in [-0.05, 0) is 29.8 Å². The fourth-order valence-electron chi connectivity index (χ4n) is 2.42. The van der Waals surface area contributed by atoms with Crippen molar-refractivity contribution in [1.29, 1.82) is 0 Å². The molecule has 0 saturated carbocycles. The summed E-state index contributed by atoms with van der Waals surface area (Å²) >= 11 is 3.43. The van der Waals surface area contributed by atoms with Crippen molar-refractivity contribution in [2.75, 3.05) is 19.5 Å². The Labute approximate surface area is 136 Å². The lowest BCUT2D eigenvalue weighted by atomic mass is 10.0. The normalized spacial score (nSPS) is 14.7. The number of carbonyl (C=O) groups is 1. The minimum atomic E-state index is -0.134. The third kappa shape index (κ3) is 2.60. The number of anilines is 1. The van der Waals surface area contributed by atoms with E-state index in [1.54, 1.807) is 20.3 Å². The van der Waals surface area contributed by atoms with Crippen LogP contribution in [0.15, 0.2) is 40.9 Å². The molecule has 1 aliphatic rings. The van der Waals surface area contributed by atoms with Crippen molar-refractivity contribution >= 4 is 39.2 Å². The minimum absolute atomic E-state index is 0.134. The van der Waals surface area contributed by atoms with E-state index >= 15 is 0 Å². The predicted octanol–water partition coefficient (Wildman–Crippen LogP) is 3.96. The molecule has 2 aromatic rings. The first kappa shape index (κ1) is 14.7. The lowest BCUT2D eigenvalue weighted by Crippen LogP contribution is -2.03. The number of nitrogens with one attached hydrogen (secondary N) is 1. The Balaban J connectivity index is 2.11. The molecule has 0 atom stereocenters. The van der Waals surface area contributed by atoms with Crippen LogP contribution in [0.4, 0.5) is 5.69 Å². The van der Waals surface area contributed by atoms with Crippen molar-refractivity contribution in [3.8, 4) is 11.5 Å². The molecule has 0 fully saturated rings. The fourth-order valence-corrected chi connectivity index (χ4v) is 2.84. The maximum atomic E-state index is 12.2. The first-order chi connectivity index (χ1) is 10.6. The summed E-state index contributed by atoms with van der Waals surface area (Å²) in [5.41, 5.74) is 3.09. The molecule has 3 rings (SSSR count). The van der Waals surface area contributed by atoms with Crippen molar-refractivity contribution in [2.24, 2.45) is 0 Å². The number of rotatable bonds is 3. The number of carbonyl (C=O) groups excluding carboxylic acids is 1. The van der Waals surface area contributed by atoms with Gasteiger partial charge in [0, 0.05) is 21.7 Å². The number of methoxy groups -OCH3 is 2. The fraction of sp³-hybridized carbons (Fsp3) is 0.118. The van der Waals surface area contributed by atoms with Crippen molar-refractivity contribution < 1.29 is 14.3 Å². The Hall–Kier alpha value is -2.27. The molecule has 1 N–H and O–H groups in total. The second-order valence-corrected chi connectivity index (χ2v) is 5.74. The molecule has 0 saturated heterocycles. The quantitative estimate of drug-likeness (QED) is 0.843. The van der Waals surface area contributed by atoms with Crippen LogP contribution >= 0.6 is 15.9 Å². The molecule has 1 aliphatic heterocycles. The molecule has 2 aromatic carbocycles. The number of hydrogen-bond acceptors (Lipinski definition) is 3. The lowest BCUT2D eigenvalue weighted by Gasteiger charge is -2.09. The average molecular weight is 360 g/mol. The molecular formula is C17H14BrNO3. The van der Waals surface area contributed by atoms with Gasteiger partial charge in [-0.2, -0.15) is 0 Å². The van der Waals surface area contributed by atoms with Crippen LogP contribution in [0.5, 0.6) is 11.5 Å². The van der Waals surface area contributed by atoms with Crippen LogP contribution in [0.25, 0.3) is 11.6 Å². The molecule has 1 amide bonds. The number of halogens is 1. The zero-order valence-electron chi connectivity index (χ0n) is 12.1. The van der Waals surface area contributed by atoms with E-state index < -0.39 is 0 Å². The van der Waals surface area contributed by atoms with Gasteiger partial charge in [-0.1, -0.05) is 28.1 Å². The van der Waals surface area contributed by atoms with Gasteiger partial charge in [0.1, 0.15) is 0 Å². The highest BCUT2D eigenvalue weighted by atomic mass is 79.9. The molecule has 0 aliphatic carbocycles. The van der Waals surface area contributed by atoms with Gasteiger partial charge in [-0.25, -0.2) is 0 Å². The van der Waals surface area contributed by atoms with Gasteiger partial charge in [0.2, 0.25) is 0 Å². The van der Waals surface area contributed by atoms with E-state index in [1.807, 2.05) is 36.4 Å². The molecule has 0 spiro atoms. The molecule has 4 nitrogen and oxygen atoms in total. The third-order valence-electron chi connectivity index (χ3n) is 3.47. The summed E-state index contributed by atoms with van der Waals surface area (Å²) in [4.78, 5) is 12.2. The van der Waals surface area contributed by atoms with Gasteiger partial charge >= 0.3 is 0 Å². The first-order valence-corrected chi connectivity index (χ1v) is 7.46. The predicted molar refractivity (Wildman–Crippen MR) is 90.2 cm³/mol. The Morgan fingerprint density at radius 1 is 1.09 bits per heavy atom. The van der Waals surface area contributed by atoms with Crippen LogP contribution in [0.2, 0.25) is 0 Å². The Bertz CT molecular complexity index is 783. The standard InChI is InChI=1S/C17H14BrNO3/c1-21-15-8-12-13(7-10-4-3-5-11(18)6-10)17(20)19-14(12)9-16(15)22-2/h3-9H,1-2H3,(H,19,20)/b13-7+. The van der Waals surface area contributed by atoms with Crippen LogP contribution in [0.1, 0.15) is 11.1 Å². The minimum Gasteiger partial charge on any atom is -0.493 e. The van der Waals surface area contributed by atoms with E-state index in [-0.39, 0.29) is 5.91 Å². The van der Waals surface area contributed by atoms with Crippen LogP contribution in [0.3, 0.4) is 0 Å². The van der Waals surface area contributed by atoms with Gasteiger partial charge < -0.3 is 14.8 Å². The van der Waals surface area contributed by atoms with Gasteiger partial charge in [-0.15, -0.1) is 0 Å². The van der Waals surface area contributed by atoms with Gasteiger partial charge in [0.05, 0.1) is 19.9 Å². The highest BCUT2D eigenvalue weighted by Gasteiger charge is 2.26. The highest BCUT2D eigenvalue weighted by molar-refractivity contribution is 9.10. The summed E-state index contributed by atoms with van der Waals surface area (Å²) in [6, 6.07) is 11.4. The van der Waals surface area contributed by atoms with Crippen molar-refractivity contribution in [2.45, 2.75) is 0 Å². The van der Waals surface area contributed by atoms with E-state index in [2.05, 4.69) is 21.2 Å². The molecule has 5 heteroatoms.